The summed E-state index contributed by atoms with van der Waals surface area (Å²) >= 11 is 1.52. The Hall–Kier alpha value is -0.430. The lowest BCUT2D eigenvalue weighted by atomic mass is 10.0. The SMILES string of the molecule is CCC1CCCCN1S(=O)(=O)c1csc(CNC(C)C)c1. The van der Waals surface area contributed by atoms with Crippen LogP contribution < -0.4 is 5.32 Å². The lowest BCUT2D eigenvalue weighted by Gasteiger charge is -2.33. The van der Waals surface area contributed by atoms with E-state index in [0.717, 1.165) is 37.1 Å². The Kier molecular flexibility index (Phi) is 5.82. The summed E-state index contributed by atoms with van der Waals surface area (Å²) in [6.45, 7) is 7.64. The van der Waals surface area contributed by atoms with Crippen molar-refractivity contribution in [3.8, 4) is 0 Å². The molecule has 0 bridgehead atoms. The first-order valence-corrected chi connectivity index (χ1v) is 10.1. The molecule has 0 saturated carbocycles. The van der Waals surface area contributed by atoms with Gasteiger partial charge < -0.3 is 5.32 Å². The number of hydrogen-bond acceptors (Lipinski definition) is 4. The molecule has 0 aromatic carbocycles. The minimum atomic E-state index is -3.33. The van der Waals surface area contributed by atoms with Gasteiger partial charge in [0.2, 0.25) is 10.0 Å². The Morgan fingerprint density at radius 2 is 2.19 bits per heavy atom. The van der Waals surface area contributed by atoms with Crippen molar-refractivity contribution in [2.24, 2.45) is 0 Å². The molecule has 1 aromatic heterocycles. The minimum absolute atomic E-state index is 0.167. The molecule has 0 spiro atoms. The molecule has 1 fully saturated rings. The van der Waals surface area contributed by atoms with Crippen molar-refractivity contribution in [1.82, 2.24) is 9.62 Å². The van der Waals surface area contributed by atoms with Gasteiger partial charge in [0.15, 0.2) is 0 Å². The van der Waals surface area contributed by atoms with E-state index in [4.69, 9.17) is 0 Å². The Morgan fingerprint density at radius 1 is 1.43 bits per heavy atom. The van der Waals surface area contributed by atoms with Crippen molar-refractivity contribution in [2.45, 2.75) is 70.0 Å². The topological polar surface area (TPSA) is 49.4 Å². The van der Waals surface area contributed by atoms with E-state index in [1.54, 1.807) is 9.69 Å². The highest BCUT2D eigenvalue weighted by molar-refractivity contribution is 7.89. The molecule has 1 aromatic rings. The van der Waals surface area contributed by atoms with Crippen LogP contribution in [0.3, 0.4) is 0 Å². The fourth-order valence-electron chi connectivity index (χ4n) is 2.73. The van der Waals surface area contributed by atoms with Crippen LogP contribution in [0, 0.1) is 0 Å². The predicted molar refractivity (Wildman–Crippen MR) is 88.1 cm³/mol. The van der Waals surface area contributed by atoms with Gasteiger partial charge in [-0.3, -0.25) is 0 Å². The van der Waals surface area contributed by atoms with E-state index in [9.17, 15) is 8.42 Å². The van der Waals surface area contributed by atoms with Crippen molar-refractivity contribution in [3.63, 3.8) is 0 Å². The molecule has 1 aliphatic heterocycles. The third-order valence-corrected chi connectivity index (χ3v) is 6.98. The van der Waals surface area contributed by atoms with Crippen molar-refractivity contribution < 1.29 is 8.42 Å². The first-order valence-electron chi connectivity index (χ1n) is 7.77. The molecule has 120 valence electrons. The third kappa shape index (κ3) is 4.06. The molecular weight excluding hydrogens is 304 g/mol. The normalized spacial score (nSPS) is 21.0. The molecule has 2 rings (SSSR count). The molecule has 0 radical (unpaired) electrons. The quantitative estimate of drug-likeness (QED) is 0.871. The van der Waals surface area contributed by atoms with Gasteiger partial charge in [-0.15, -0.1) is 11.3 Å². The van der Waals surface area contributed by atoms with Gasteiger partial charge in [0.25, 0.3) is 0 Å². The summed E-state index contributed by atoms with van der Waals surface area (Å²) in [5, 5.41) is 5.11. The molecular formula is C15H26N2O2S2. The zero-order valence-corrected chi connectivity index (χ0v) is 14.8. The summed E-state index contributed by atoms with van der Waals surface area (Å²) in [4.78, 5) is 1.54. The number of thiophene rings is 1. The highest BCUT2D eigenvalue weighted by atomic mass is 32.2. The molecule has 4 nitrogen and oxygen atoms in total. The molecule has 21 heavy (non-hydrogen) atoms. The van der Waals surface area contributed by atoms with Gasteiger partial charge in [0, 0.05) is 35.4 Å². The number of piperidine rings is 1. The lowest BCUT2D eigenvalue weighted by Crippen LogP contribution is -2.43. The average molecular weight is 331 g/mol. The Morgan fingerprint density at radius 3 is 2.86 bits per heavy atom. The van der Waals surface area contributed by atoms with Crippen LogP contribution in [0.4, 0.5) is 0 Å². The van der Waals surface area contributed by atoms with E-state index in [0.29, 0.717) is 17.5 Å². The van der Waals surface area contributed by atoms with E-state index < -0.39 is 10.0 Å². The maximum Gasteiger partial charge on any atom is 0.244 e. The Bertz CT molecular complexity index is 552. The second-order valence-corrected chi connectivity index (χ2v) is 8.84. The second kappa shape index (κ2) is 7.22. The van der Waals surface area contributed by atoms with Gasteiger partial charge in [-0.05, 0) is 25.3 Å². The highest BCUT2D eigenvalue weighted by Crippen LogP contribution is 2.29. The Balaban J connectivity index is 2.15. The van der Waals surface area contributed by atoms with Crippen molar-refractivity contribution in [3.05, 3.63) is 16.3 Å². The zero-order chi connectivity index (χ0) is 15.5. The maximum atomic E-state index is 12.8. The van der Waals surface area contributed by atoms with Crippen molar-refractivity contribution in [2.75, 3.05) is 6.54 Å². The van der Waals surface area contributed by atoms with Crippen LogP contribution in [-0.4, -0.2) is 31.4 Å². The first-order chi connectivity index (χ1) is 9.95. The minimum Gasteiger partial charge on any atom is -0.310 e. The van der Waals surface area contributed by atoms with E-state index in [2.05, 4.69) is 26.1 Å². The van der Waals surface area contributed by atoms with Crippen LogP contribution in [0.5, 0.6) is 0 Å². The summed E-state index contributed by atoms with van der Waals surface area (Å²) in [6, 6.07) is 2.40. The summed E-state index contributed by atoms with van der Waals surface area (Å²) in [5.41, 5.74) is 0. The average Bonchev–Trinajstić information content (AvgIpc) is 2.94. The number of sulfonamides is 1. The van der Waals surface area contributed by atoms with Gasteiger partial charge in [-0.1, -0.05) is 27.2 Å². The molecule has 1 unspecified atom stereocenters. The first kappa shape index (κ1) is 16.9. The zero-order valence-electron chi connectivity index (χ0n) is 13.1. The number of hydrogen-bond donors (Lipinski definition) is 1. The number of nitrogens with zero attached hydrogens (tertiary/aromatic N) is 1. The largest absolute Gasteiger partial charge is 0.310 e. The lowest BCUT2D eigenvalue weighted by molar-refractivity contribution is 0.246. The van der Waals surface area contributed by atoms with Gasteiger partial charge in [0.05, 0.1) is 4.90 Å². The van der Waals surface area contributed by atoms with E-state index in [1.807, 2.05) is 6.07 Å². The highest BCUT2D eigenvalue weighted by Gasteiger charge is 2.32. The van der Waals surface area contributed by atoms with Crippen molar-refractivity contribution >= 4 is 21.4 Å². The van der Waals surface area contributed by atoms with Crippen LogP contribution in [0.15, 0.2) is 16.3 Å². The van der Waals surface area contributed by atoms with E-state index in [-0.39, 0.29) is 6.04 Å². The smallest absolute Gasteiger partial charge is 0.244 e. The van der Waals surface area contributed by atoms with Gasteiger partial charge in [-0.25, -0.2) is 8.42 Å². The van der Waals surface area contributed by atoms with Crippen LogP contribution in [-0.2, 0) is 16.6 Å². The fraction of sp³-hybridized carbons (Fsp3) is 0.733. The van der Waals surface area contributed by atoms with Crippen LogP contribution in [0.2, 0.25) is 0 Å². The monoisotopic (exact) mass is 330 g/mol. The van der Waals surface area contributed by atoms with Gasteiger partial charge in [-0.2, -0.15) is 4.31 Å². The molecule has 2 heterocycles. The summed E-state index contributed by atoms with van der Waals surface area (Å²) in [7, 11) is -3.33. The fourth-order valence-corrected chi connectivity index (χ4v) is 5.71. The second-order valence-electron chi connectivity index (χ2n) is 5.96. The number of nitrogens with one attached hydrogen (secondary N) is 1. The maximum absolute atomic E-state index is 12.8. The van der Waals surface area contributed by atoms with Gasteiger partial charge in [0.1, 0.15) is 0 Å². The number of rotatable bonds is 6. The molecule has 1 aliphatic rings. The molecule has 1 saturated heterocycles. The predicted octanol–water partition coefficient (Wildman–Crippen LogP) is 3.20. The van der Waals surface area contributed by atoms with Crippen LogP contribution in [0.25, 0.3) is 0 Å². The standard InChI is InChI=1S/C15H26N2O2S2/c1-4-13-7-5-6-8-17(13)21(18,19)15-9-14(20-11-15)10-16-12(2)3/h9,11-13,16H,4-8,10H2,1-3H3. The van der Waals surface area contributed by atoms with Crippen LogP contribution in [0.1, 0.15) is 51.3 Å². The van der Waals surface area contributed by atoms with Crippen LogP contribution >= 0.6 is 11.3 Å². The molecule has 1 atom stereocenters. The molecule has 1 N–H and O–H groups in total. The van der Waals surface area contributed by atoms with Gasteiger partial charge >= 0.3 is 0 Å². The summed E-state index contributed by atoms with van der Waals surface area (Å²) < 4.78 is 27.4. The Labute approximate surface area is 132 Å². The molecule has 6 heteroatoms. The van der Waals surface area contributed by atoms with E-state index >= 15 is 0 Å². The summed E-state index contributed by atoms with van der Waals surface area (Å²) in [6.07, 6.45) is 3.99. The third-order valence-electron chi connectivity index (χ3n) is 3.97. The van der Waals surface area contributed by atoms with E-state index in [1.165, 1.54) is 11.3 Å². The summed E-state index contributed by atoms with van der Waals surface area (Å²) in [5.74, 6) is 0. The molecule has 0 amide bonds. The van der Waals surface area contributed by atoms with Crippen molar-refractivity contribution in [1.29, 1.82) is 0 Å². The molecule has 0 aliphatic carbocycles.